The molecule has 0 unspecified atom stereocenters. The van der Waals surface area contributed by atoms with Gasteiger partial charge in [0.2, 0.25) is 0 Å². The molecule has 10 rings (SSSR count). The number of nitrogens with zero attached hydrogens (tertiary/aromatic N) is 2. The van der Waals surface area contributed by atoms with E-state index in [1.54, 1.807) is 0 Å². The van der Waals surface area contributed by atoms with Crippen molar-refractivity contribution < 1.29 is 4.42 Å². The van der Waals surface area contributed by atoms with Crippen molar-refractivity contribution in [1.82, 2.24) is 9.13 Å². The lowest BCUT2D eigenvalue weighted by Gasteiger charge is -2.13. The summed E-state index contributed by atoms with van der Waals surface area (Å²) in [4.78, 5) is 0. The monoisotopic (exact) mass is 574 g/mol. The van der Waals surface area contributed by atoms with Crippen LogP contribution in [0.5, 0.6) is 0 Å². The van der Waals surface area contributed by atoms with E-state index in [4.69, 9.17) is 4.42 Å². The Hall–Kier alpha value is -6.06. The molecule has 0 saturated heterocycles. The first kappa shape index (κ1) is 24.4. The van der Waals surface area contributed by atoms with Gasteiger partial charge in [0.15, 0.2) is 0 Å². The van der Waals surface area contributed by atoms with E-state index in [-0.39, 0.29) is 0 Å². The van der Waals surface area contributed by atoms with Crippen molar-refractivity contribution in [1.29, 1.82) is 0 Å². The van der Waals surface area contributed by atoms with Crippen molar-refractivity contribution in [2.75, 3.05) is 0 Å². The third-order valence-electron chi connectivity index (χ3n) is 9.30. The SMILES string of the molecule is c1ccc(-c2cccc(-n3c4ccccc4c4ccc5c6ccccc6n(-c6ccc7c(c6)oc6ccccc67)c5c43)c2)cc1. The summed E-state index contributed by atoms with van der Waals surface area (Å²) < 4.78 is 11.3. The number of rotatable bonds is 3. The number of furan rings is 1. The summed E-state index contributed by atoms with van der Waals surface area (Å²) in [6, 6.07) is 56.5. The highest BCUT2D eigenvalue weighted by Gasteiger charge is 2.21. The second-order valence-corrected chi connectivity index (χ2v) is 11.8. The highest BCUT2D eigenvalue weighted by atomic mass is 16.3. The minimum Gasteiger partial charge on any atom is -0.456 e. The van der Waals surface area contributed by atoms with Gasteiger partial charge in [-0.15, -0.1) is 0 Å². The van der Waals surface area contributed by atoms with Gasteiger partial charge < -0.3 is 13.6 Å². The van der Waals surface area contributed by atoms with Crippen LogP contribution in [0, 0.1) is 0 Å². The van der Waals surface area contributed by atoms with E-state index < -0.39 is 0 Å². The van der Waals surface area contributed by atoms with E-state index in [0.717, 1.165) is 33.3 Å². The summed E-state index contributed by atoms with van der Waals surface area (Å²) in [5.41, 5.74) is 11.2. The second kappa shape index (κ2) is 9.22. The number of hydrogen-bond donors (Lipinski definition) is 0. The number of benzene rings is 7. The molecular formula is C42H26N2O. The molecule has 0 atom stereocenters. The van der Waals surface area contributed by atoms with Gasteiger partial charge >= 0.3 is 0 Å². The minimum absolute atomic E-state index is 0.892. The van der Waals surface area contributed by atoms with Crippen molar-refractivity contribution in [3.63, 3.8) is 0 Å². The first-order chi connectivity index (χ1) is 22.3. The highest BCUT2D eigenvalue weighted by molar-refractivity contribution is 6.24. The first-order valence-corrected chi connectivity index (χ1v) is 15.4. The van der Waals surface area contributed by atoms with Crippen molar-refractivity contribution >= 4 is 65.6 Å². The van der Waals surface area contributed by atoms with Crippen LogP contribution in [0.1, 0.15) is 0 Å². The van der Waals surface area contributed by atoms with Crippen LogP contribution in [-0.4, -0.2) is 9.13 Å². The molecular weight excluding hydrogens is 548 g/mol. The van der Waals surface area contributed by atoms with Crippen LogP contribution in [-0.2, 0) is 0 Å². The molecule has 3 heteroatoms. The van der Waals surface area contributed by atoms with Gasteiger partial charge in [0, 0.05) is 44.1 Å². The van der Waals surface area contributed by atoms with Gasteiger partial charge in [-0.05, 0) is 53.6 Å². The van der Waals surface area contributed by atoms with E-state index in [0.29, 0.717) is 0 Å². The van der Waals surface area contributed by atoms with Crippen molar-refractivity contribution in [2.45, 2.75) is 0 Å². The van der Waals surface area contributed by atoms with Crippen LogP contribution in [0.4, 0.5) is 0 Å². The molecule has 210 valence electrons. The fourth-order valence-corrected chi connectivity index (χ4v) is 7.35. The maximum absolute atomic E-state index is 6.38. The van der Waals surface area contributed by atoms with Crippen LogP contribution >= 0.6 is 0 Å². The summed E-state index contributed by atoms with van der Waals surface area (Å²) in [6.45, 7) is 0. The summed E-state index contributed by atoms with van der Waals surface area (Å²) in [6.07, 6.45) is 0. The average Bonchev–Trinajstić information content (AvgIpc) is 3.76. The zero-order valence-corrected chi connectivity index (χ0v) is 24.3. The van der Waals surface area contributed by atoms with Crippen LogP contribution in [0.3, 0.4) is 0 Å². The summed E-state index contributed by atoms with van der Waals surface area (Å²) >= 11 is 0. The smallest absolute Gasteiger partial charge is 0.137 e. The molecule has 0 amide bonds. The quantitative estimate of drug-likeness (QED) is 0.206. The summed E-state index contributed by atoms with van der Waals surface area (Å²) in [5, 5.41) is 7.20. The first-order valence-electron chi connectivity index (χ1n) is 15.4. The molecule has 3 nitrogen and oxygen atoms in total. The Balaban J connectivity index is 1.36. The predicted molar refractivity (Wildman–Crippen MR) is 188 cm³/mol. The van der Waals surface area contributed by atoms with E-state index in [9.17, 15) is 0 Å². The number of aromatic nitrogens is 2. The van der Waals surface area contributed by atoms with E-state index in [1.165, 1.54) is 54.7 Å². The van der Waals surface area contributed by atoms with Gasteiger partial charge in [-0.3, -0.25) is 0 Å². The van der Waals surface area contributed by atoms with Gasteiger partial charge in [0.05, 0.1) is 27.8 Å². The van der Waals surface area contributed by atoms with Crippen molar-refractivity contribution in [3.05, 3.63) is 158 Å². The Kier molecular flexibility index (Phi) is 5.00. The molecule has 0 aliphatic carbocycles. The molecule has 0 fully saturated rings. The van der Waals surface area contributed by atoms with Crippen LogP contribution in [0.15, 0.2) is 162 Å². The standard InChI is InChI=1S/C42H26N2O/c1-2-11-27(12-3-1)28-13-10-14-29(25-28)43-37-18-7-4-15-31(37)35-23-24-36-32-16-5-8-19-38(32)44(42(36)41(35)43)30-21-22-34-33-17-6-9-20-39(33)45-40(34)26-30/h1-26H. The number of fused-ring (bicyclic) bond motifs is 10. The fraction of sp³-hybridized carbons (Fsp3) is 0. The Morgan fingerprint density at radius 1 is 0.333 bits per heavy atom. The fourth-order valence-electron chi connectivity index (χ4n) is 7.35. The molecule has 0 aliphatic heterocycles. The van der Waals surface area contributed by atoms with Gasteiger partial charge in [-0.1, -0.05) is 109 Å². The topological polar surface area (TPSA) is 23.0 Å². The molecule has 3 aromatic heterocycles. The molecule has 10 aromatic rings. The molecule has 0 saturated carbocycles. The van der Waals surface area contributed by atoms with E-state index >= 15 is 0 Å². The lowest BCUT2D eigenvalue weighted by Crippen LogP contribution is -1.99. The lowest BCUT2D eigenvalue weighted by atomic mass is 10.1. The average molecular weight is 575 g/mol. The summed E-state index contributed by atoms with van der Waals surface area (Å²) in [7, 11) is 0. The number of para-hydroxylation sites is 3. The largest absolute Gasteiger partial charge is 0.456 e. The van der Waals surface area contributed by atoms with Gasteiger partial charge in [-0.25, -0.2) is 0 Å². The summed E-state index contributed by atoms with van der Waals surface area (Å²) in [5.74, 6) is 0. The third-order valence-corrected chi connectivity index (χ3v) is 9.30. The maximum Gasteiger partial charge on any atom is 0.137 e. The van der Waals surface area contributed by atoms with Crippen molar-refractivity contribution in [2.24, 2.45) is 0 Å². The lowest BCUT2D eigenvalue weighted by molar-refractivity contribution is 0.668. The molecule has 0 bridgehead atoms. The van der Waals surface area contributed by atoms with Gasteiger partial charge in [0.25, 0.3) is 0 Å². The molecule has 0 N–H and O–H groups in total. The molecule has 45 heavy (non-hydrogen) atoms. The zero-order valence-electron chi connectivity index (χ0n) is 24.3. The van der Waals surface area contributed by atoms with E-state index in [1.807, 2.05) is 12.1 Å². The Morgan fingerprint density at radius 3 is 1.58 bits per heavy atom. The Labute approximate surface area is 258 Å². The Bertz CT molecular complexity index is 2760. The van der Waals surface area contributed by atoms with Gasteiger partial charge in [-0.2, -0.15) is 0 Å². The second-order valence-electron chi connectivity index (χ2n) is 11.8. The highest BCUT2D eigenvalue weighted by Crippen LogP contribution is 2.42. The maximum atomic E-state index is 6.38. The Morgan fingerprint density at radius 2 is 0.867 bits per heavy atom. The third kappa shape index (κ3) is 3.46. The van der Waals surface area contributed by atoms with E-state index in [2.05, 4.69) is 155 Å². The molecule has 3 heterocycles. The van der Waals surface area contributed by atoms with Crippen LogP contribution in [0.2, 0.25) is 0 Å². The molecule has 0 radical (unpaired) electrons. The molecule has 7 aromatic carbocycles. The zero-order chi connectivity index (χ0) is 29.5. The van der Waals surface area contributed by atoms with Crippen LogP contribution < -0.4 is 0 Å². The van der Waals surface area contributed by atoms with Crippen molar-refractivity contribution in [3.8, 4) is 22.5 Å². The van der Waals surface area contributed by atoms with Gasteiger partial charge in [0.1, 0.15) is 11.2 Å². The molecule has 0 aliphatic rings. The minimum atomic E-state index is 0.892. The predicted octanol–water partition coefficient (Wildman–Crippen LogP) is 11.4. The van der Waals surface area contributed by atoms with Crippen LogP contribution in [0.25, 0.3) is 88.1 Å². The molecule has 0 spiro atoms. The number of hydrogen-bond acceptors (Lipinski definition) is 1. The normalized spacial score (nSPS) is 12.0.